The van der Waals surface area contributed by atoms with Gasteiger partial charge in [-0.1, -0.05) is 54.3 Å². The number of aliphatic hydroxyl groups is 1. The van der Waals surface area contributed by atoms with Gasteiger partial charge < -0.3 is 10.0 Å². The number of hydrogen-bond donors (Lipinski definition) is 1. The molecule has 0 fully saturated rings. The third kappa shape index (κ3) is 2.83. The van der Waals surface area contributed by atoms with E-state index in [1.165, 1.54) is 23.9 Å². The lowest BCUT2D eigenvalue weighted by atomic mass is 10.1. The van der Waals surface area contributed by atoms with Crippen LogP contribution in [0.5, 0.6) is 0 Å². The molecule has 1 atom stereocenters. The smallest absolute Gasteiger partial charge is 0.269 e. The Balaban J connectivity index is 1.93. The largest absolute Gasteiger partial charge is 0.369 e. The molecule has 1 heterocycles. The minimum atomic E-state index is -0.983. The van der Waals surface area contributed by atoms with Crippen molar-refractivity contribution in [3.63, 3.8) is 0 Å². The summed E-state index contributed by atoms with van der Waals surface area (Å²) in [5, 5.41) is 21.5. The molecule has 3 rings (SSSR count). The van der Waals surface area contributed by atoms with Crippen LogP contribution in [0.25, 0.3) is 0 Å². The van der Waals surface area contributed by atoms with E-state index in [0.29, 0.717) is 16.4 Å². The Bertz CT molecular complexity index is 737. The summed E-state index contributed by atoms with van der Waals surface area (Å²) >= 11 is 6.70. The van der Waals surface area contributed by atoms with Gasteiger partial charge in [0.05, 0.1) is 4.92 Å². The van der Waals surface area contributed by atoms with Gasteiger partial charge in [-0.05, 0) is 11.6 Å². The first-order valence-electron chi connectivity index (χ1n) is 6.55. The maximum Gasteiger partial charge on any atom is 0.269 e. The van der Waals surface area contributed by atoms with Crippen molar-refractivity contribution in [3.8, 4) is 0 Å². The van der Waals surface area contributed by atoms with E-state index < -0.39 is 11.2 Å². The van der Waals surface area contributed by atoms with Gasteiger partial charge in [0, 0.05) is 29.1 Å². The number of nitro benzene ring substituents is 1. The summed E-state index contributed by atoms with van der Waals surface area (Å²) in [5.74, 6) is 0. The van der Waals surface area contributed by atoms with Crippen molar-refractivity contribution >= 4 is 34.0 Å². The van der Waals surface area contributed by atoms with Crippen molar-refractivity contribution < 1.29 is 10.0 Å². The summed E-state index contributed by atoms with van der Waals surface area (Å²) in [6.07, 6.45) is -0.983. The highest BCUT2D eigenvalue weighted by molar-refractivity contribution is 8.23. The monoisotopic (exact) mass is 332 g/mol. The summed E-state index contributed by atoms with van der Waals surface area (Å²) in [6.45, 7) is 0.454. The van der Waals surface area contributed by atoms with Gasteiger partial charge in [0.1, 0.15) is 4.32 Å². The molecular weight excluding hydrogens is 320 g/mol. The molecule has 1 unspecified atom stereocenters. The highest BCUT2D eigenvalue weighted by atomic mass is 32.2. The SMILES string of the molecule is O=[N+]([O-])c1ccc2c(c1)C(O)N(Cc1ccccc1)C(=S)S2. The highest BCUT2D eigenvalue weighted by Gasteiger charge is 2.30. The van der Waals surface area contributed by atoms with Crippen molar-refractivity contribution in [1.82, 2.24) is 4.90 Å². The Kier molecular flexibility index (Phi) is 4.10. The van der Waals surface area contributed by atoms with Crippen LogP contribution >= 0.6 is 24.0 Å². The van der Waals surface area contributed by atoms with Gasteiger partial charge >= 0.3 is 0 Å². The van der Waals surface area contributed by atoms with E-state index in [2.05, 4.69) is 0 Å². The maximum absolute atomic E-state index is 10.9. The number of fused-ring (bicyclic) bond motifs is 1. The third-order valence-corrected chi connectivity index (χ3v) is 4.89. The molecule has 7 heteroatoms. The van der Waals surface area contributed by atoms with Crippen molar-refractivity contribution in [2.24, 2.45) is 0 Å². The van der Waals surface area contributed by atoms with Crippen LogP contribution < -0.4 is 0 Å². The number of rotatable bonds is 3. The molecule has 0 bridgehead atoms. The average Bonchev–Trinajstić information content (AvgIpc) is 2.52. The average molecular weight is 332 g/mol. The van der Waals surface area contributed by atoms with Gasteiger partial charge in [-0.3, -0.25) is 10.1 Å². The van der Waals surface area contributed by atoms with E-state index in [9.17, 15) is 15.2 Å². The predicted octanol–water partition coefficient (Wildman–Crippen LogP) is 3.48. The summed E-state index contributed by atoms with van der Waals surface area (Å²) in [4.78, 5) is 12.9. The lowest BCUT2D eigenvalue weighted by Crippen LogP contribution is -2.34. The Hall–Kier alpha value is -1.96. The van der Waals surface area contributed by atoms with Crippen molar-refractivity contribution in [2.75, 3.05) is 0 Å². The molecular formula is C15H12N2O3S2. The number of nitrogens with zero attached hydrogens (tertiary/aromatic N) is 2. The zero-order chi connectivity index (χ0) is 15.7. The number of thiocarbonyl (C=S) groups is 1. The second-order valence-electron chi connectivity index (χ2n) is 4.83. The molecule has 5 nitrogen and oxygen atoms in total. The number of hydrogen-bond acceptors (Lipinski definition) is 5. The van der Waals surface area contributed by atoms with Crippen LogP contribution in [0, 0.1) is 10.1 Å². The fourth-order valence-electron chi connectivity index (χ4n) is 2.30. The second kappa shape index (κ2) is 6.04. The standard InChI is InChI=1S/C15H12N2O3S2/c18-14-12-8-11(17(19)20)6-7-13(12)22-15(21)16(14)9-10-4-2-1-3-5-10/h1-8,14,18H,9H2. The van der Waals surface area contributed by atoms with Crippen molar-refractivity contribution in [1.29, 1.82) is 0 Å². The minimum Gasteiger partial charge on any atom is -0.369 e. The first kappa shape index (κ1) is 15.0. The Morgan fingerprint density at radius 3 is 2.68 bits per heavy atom. The lowest BCUT2D eigenvalue weighted by molar-refractivity contribution is -0.385. The van der Waals surface area contributed by atoms with E-state index in [1.54, 1.807) is 11.0 Å². The van der Waals surface area contributed by atoms with E-state index in [0.717, 1.165) is 10.5 Å². The zero-order valence-corrected chi connectivity index (χ0v) is 13.0. The summed E-state index contributed by atoms with van der Waals surface area (Å²) in [6, 6.07) is 14.1. The summed E-state index contributed by atoms with van der Waals surface area (Å²) in [7, 11) is 0. The second-order valence-corrected chi connectivity index (χ2v) is 6.51. The van der Waals surface area contributed by atoms with Gasteiger partial charge in [-0.15, -0.1) is 0 Å². The molecule has 1 N–H and O–H groups in total. The van der Waals surface area contributed by atoms with E-state index in [-0.39, 0.29) is 5.69 Å². The molecule has 0 saturated heterocycles. The van der Waals surface area contributed by atoms with Gasteiger partial charge in [0.2, 0.25) is 0 Å². The number of nitro groups is 1. The third-order valence-electron chi connectivity index (χ3n) is 3.41. The molecule has 2 aromatic rings. The van der Waals surface area contributed by atoms with Gasteiger partial charge in [-0.25, -0.2) is 0 Å². The molecule has 0 aliphatic carbocycles. The molecule has 2 aromatic carbocycles. The van der Waals surface area contributed by atoms with Crippen LogP contribution in [0.3, 0.4) is 0 Å². The molecule has 1 aliphatic heterocycles. The van der Waals surface area contributed by atoms with Crippen LogP contribution in [-0.4, -0.2) is 19.3 Å². The first-order chi connectivity index (χ1) is 10.6. The normalized spacial score (nSPS) is 17.2. The van der Waals surface area contributed by atoms with Crippen LogP contribution in [-0.2, 0) is 6.54 Å². The summed E-state index contributed by atoms with van der Waals surface area (Å²) in [5.41, 5.74) is 1.49. The number of aliphatic hydroxyl groups excluding tert-OH is 1. The lowest BCUT2D eigenvalue weighted by Gasteiger charge is -2.35. The predicted molar refractivity (Wildman–Crippen MR) is 88.5 cm³/mol. The maximum atomic E-state index is 10.9. The van der Waals surface area contributed by atoms with E-state index >= 15 is 0 Å². The van der Waals surface area contributed by atoms with E-state index in [4.69, 9.17) is 12.2 Å². The summed E-state index contributed by atoms with van der Waals surface area (Å²) < 4.78 is 0.553. The Morgan fingerprint density at radius 2 is 2.00 bits per heavy atom. The molecule has 0 spiro atoms. The number of benzene rings is 2. The van der Waals surface area contributed by atoms with Gasteiger partial charge in [-0.2, -0.15) is 0 Å². The fourth-order valence-corrected chi connectivity index (χ4v) is 3.62. The van der Waals surface area contributed by atoms with Gasteiger partial charge in [0.25, 0.3) is 5.69 Å². The number of non-ortho nitro benzene ring substituents is 1. The molecule has 0 amide bonds. The van der Waals surface area contributed by atoms with Crippen LogP contribution in [0.15, 0.2) is 53.4 Å². The number of thioether (sulfide) groups is 1. The quantitative estimate of drug-likeness (QED) is 0.527. The molecule has 112 valence electrons. The van der Waals surface area contributed by atoms with Crippen molar-refractivity contribution in [3.05, 3.63) is 69.8 Å². The molecule has 22 heavy (non-hydrogen) atoms. The topological polar surface area (TPSA) is 66.6 Å². The Morgan fingerprint density at radius 1 is 1.27 bits per heavy atom. The molecule has 0 radical (unpaired) electrons. The van der Waals surface area contributed by atoms with Crippen molar-refractivity contribution in [2.45, 2.75) is 17.7 Å². The molecule has 0 aromatic heterocycles. The first-order valence-corrected chi connectivity index (χ1v) is 7.77. The minimum absolute atomic E-state index is 0.0362. The van der Waals surface area contributed by atoms with E-state index in [1.807, 2.05) is 30.3 Å². The zero-order valence-electron chi connectivity index (χ0n) is 11.4. The van der Waals surface area contributed by atoms with Crippen LogP contribution in [0.2, 0.25) is 0 Å². The van der Waals surface area contributed by atoms with Crippen LogP contribution in [0.1, 0.15) is 17.4 Å². The highest BCUT2D eigenvalue weighted by Crippen LogP contribution is 2.40. The molecule has 1 aliphatic rings. The Labute approximate surface area is 136 Å². The van der Waals surface area contributed by atoms with Crippen LogP contribution in [0.4, 0.5) is 5.69 Å². The molecule has 0 saturated carbocycles. The fraction of sp³-hybridized carbons (Fsp3) is 0.133. The van der Waals surface area contributed by atoms with Gasteiger partial charge in [0.15, 0.2) is 6.23 Å².